The summed E-state index contributed by atoms with van der Waals surface area (Å²) in [5.41, 5.74) is 10.5. The summed E-state index contributed by atoms with van der Waals surface area (Å²) in [6.45, 7) is 4.91. The number of fused-ring (bicyclic) bond motifs is 1. The molecule has 3 amide bonds. The number of likely N-dealkylation sites (N-methyl/N-ethyl adjacent to an activating group) is 1. The van der Waals surface area contributed by atoms with Gasteiger partial charge in [0, 0.05) is 54.1 Å². The number of nitrogens with two attached hydrogens (primary N) is 2. The zero-order chi connectivity index (χ0) is 27.9. The molecule has 4 heterocycles. The molecule has 0 bridgehead atoms. The third kappa shape index (κ3) is 5.47. The molecule has 4 aliphatic heterocycles. The third-order valence-electron chi connectivity index (χ3n) is 8.00. The molecule has 0 aromatic heterocycles. The number of aliphatic carboxylic acids is 1. The van der Waals surface area contributed by atoms with Crippen molar-refractivity contribution in [3.8, 4) is 0 Å². The zero-order valence-electron chi connectivity index (χ0n) is 21.9. The molecule has 7 N–H and O–H groups in total. The molecule has 210 valence electrons. The Balaban J connectivity index is 1.39. The highest BCUT2D eigenvalue weighted by atomic mass is 32.2. The summed E-state index contributed by atoms with van der Waals surface area (Å²) < 4.78 is 0. The topological polar surface area (TPSA) is 195 Å². The summed E-state index contributed by atoms with van der Waals surface area (Å²) in [5.74, 6) is -2.46. The number of nitrogens with one attached hydrogen (secondary N) is 1. The molecule has 0 unspecified atom stereocenters. The Morgan fingerprint density at radius 3 is 2.61 bits per heavy atom. The van der Waals surface area contributed by atoms with E-state index in [0.717, 1.165) is 0 Å². The predicted molar refractivity (Wildman–Crippen MR) is 140 cm³/mol. The Hall–Kier alpha value is -2.84. The van der Waals surface area contributed by atoms with Gasteiger partial charge in [0.15, 0.2) is 5.96 Å². The molecule has 0 aromatic carbocycles. The number of hydrogen-bond acceptors (Lipinski definition) is 8. The van der Waals surface area contributed by atoms with Gasteiger partial charge in [-0.1, -0.05) is 6.92 Å². The molecule has 4 rings (SSSR count). The van der Waals surface area contributed by atoms with Crippen molar-refractivity contribution in [3.05, 3.63) is 10.6 Å². The maximum absolute atomic E-state index is 13.4. The fourth-order valence-electron chi connectivity index (χ4n) is 6.20. The molecule has 14 heteroatoms. The van der Waals surface area contributed by atoms with Gasteiger partial charge in [0.05, 0.1) is 18.2 Å². The molecule has 0 spiro atoms. The van der Waals surface area contributed by atoms with Gasteiger partial charge in [0.25, 0.3) is 0 Å². The van der Waals surface area contributed by atoms with Crippen molar-refractivity contribution in [2.24, 2.45) is 28.3 Å². The number of carboxylic acid groups (broad SMARTS) is 1. The van der Waals surface area contributed by atoms with Crippen LogP contribution in [0.3, 0.4) is 0 Å². The van der Waals surface area contributed by atoms with Gasteiger partial charge >= 0.3 is 5.97 Å². The van der Waals surface area contributed by atoms with Crippen molar-refractivity contribution in [2.45, 2.75) is 62.6 Å². The zero-order valence-corrected chi connectivity index (χ0v) is 22.7. The number of carbonyl (C=O) groups is 4. The van der Waals surface area contributed by atoms with E-state index in [9.17, 15) is 29.4 Å². The van der Waals surface area contributed by atoms with E-state index in [1.807, 2.05) is 18.9 Å². The van der Waals surface area contributed by atoms with Crippen LogP contribution >= 0.6 is 11.8 Å². The average molecular weight is 552 g/mol. The van der Waals surface area contributed by atoms with Gasteiger partial charge in [-0.2, -0.15) is 0 Å². The first kappa shape index (κ1) is 28.2. The van der Waals surface area contributed by atoms with Crippen LogP contribution in [0.5, 0.6) is 0 Å². The smallest absolute Gasteiger partial charge is 0.353 e. The average Bonchev–Trinajstić information content (AvgIpc) is 3.58. The van der Waals surface area contributed by atoms with Crippen molar-refractivity contribution in [1.29, 1.82) is 0 Å². The number of aliphatic hydroxyl groups excluding tert-OH is 1. The first-order valence-corrected chi connectivity index (χ1v) is 13.7. The second-order valence-corrected chi connectivity index (χ2v) is 12.0. The van der Waals surface area contributed by atoms with Crippen molar-refractivity contribution in [3.63, 3.8) is 0 Å². The first-order chi connectivity index (χ1) is 17.9. The van der Waals surface area contributed by atoms with Gasteiger partial charge in [-0.3, -0.25) is 19.3 Å². The number of carboxylic acids is 1. The summed E-state index contributed by atoms with van der Waals surface area (Å²) in [5, 5.41) is 23.1. The van der Waals surface area contributed by atoms with E-state index < -0.39 is 12.1 Å². The van der Waals surface area contributed by atoms with Crippen LogP contribution in [0.4, 0.5) is 0 Å². The summed E-state index contributed by atoms with van der Waals surface area (Å²) in [4.78, 5) is 59.8. The molecular formula is C24H37N7O6S. The van der Waals surface area contributed by atoms with Gasteiger partial charge in [-0.05, 0) is 26.8 Å². The fourth-order valence-corrected chi connectivity index (χ4v) is 7.79. The van der Waals surface area contributed by atoms with Crippen LogP contribution in [0.25, 0.3) is 0 Å². The number of amides is 3. The molecule has 3 fully saturated rings. The van der Waals surface area contributed by atoms with Gasteiger partial charge < -0.3 is 36.8 Å². The largest absolute Gasteiger partial charge is 0.477 e. The molecule has 13 nitrogen and oxygen atoms in total. The van der Waals surface area contributed by atoms with Crippen LogP contribution in [0.2, 0.25) is 0 Å². The highest BCUT2D eigenvalue weighted by molar-refractivity contribution is 8.03. The Labute approximate surface area is 225 Å². The van der Waals surface area contributed by atoms with Crippen LogP contribution in [0.1, 0.15) is 33.1 Å². The number of hydrogen-bond donors (Lipinski definition) is 5. The third-order valence-corrected chi connectivity index (χ3v) is 9.49. The lowest BCUT2D eigenvalue weighted by Crippen LogP contribution is -2.45. The summed E-state index contributed by atoms with van der Waals surface area (Å²) in [7, 11) is 1.88. The van der Waals surface area contributed by atoms with Gasteiger partial charge in [-0.25, -0.2) is 9.79 Å². The molecular weight excluding hydrogens is 514 g/mol. The number of aliphatic hydroxyl groups is 1. The molecule has 0 aliphatic carbocycles. The van der Waals surface area contributed by atoms with Crippen LogP contribution in [0.15, 0.2) is 15.6 Å². The monoisotopic (exact) mass is 551 g/mol. The van der Waals surface area contributed by atoms with Crippen molar-refractivity contribution in [1.82, 2.24) is 20.0 Å². The maximum Gasteiger partial charge on any atom is 0.353 e. The second-order valence-electron chi connectivity index (χ2n) is 10.7. The number of carbonyl (C=O) groups excluding carboxylic acids is 3. The van der Waals surface area contributed by atoms with E-state index in [2.05, 4.69) is 10.3 Å². The van der Waals surface area contributed by atoms with Crippen LogP contribution in [0, 0.1) is 11.8 Å². The van der Waals surface area contributed by atoms with Crippen LogP contribution in [-0.2, 0) is 19.2 Å². The van der Waals surface area contributed by atoms with E-state index in [4.69, 9.17) is 11.5 Å². The lowest BCUT2D eigenvalue weighted by atomic mass is 9.88. The van der Waals surface area contributed by atoms with Gasteiger partial charge in [0.2, 0.25) is 17.7 Å². The Bertz CT molecular complexity index is 1060. The summed E-state index contributed by atoms with van der Waals surface area (Å²) >= 11 is 1.44. The van der Waals surface area contributed by atoms with Crippen molar-refractivity contribution in [2.75, 3.05) is 33.2 Å². The van der Waals surface area contributed by atoms with Crippen molar-refractivity contribution < 1.29 is 29.4 Å². The molecule has 0 radical (unpaired) electrons. The number of nitrogens with zero attached hydrogens (tertiary/aromatic N) is 4. The quantitative estimate of drug-likeness (QED) is 0.172. The fraction of sp³-hybridized carbons (Fsp3) is 0.708. The van der Waals surface area contributed by atoms with Crippen LogP contribution in [-0.4, -0.2) is 117 Å². The molecule has 3 saturated heterocycles. The van der Waals surface area contributed by atoms with Crippen molar-refractivity contribution >= 4 is 41.4 Å². The number of rotatable bonds is 8. The summed E-state index contributed by atoms with van der Waals surface area (Å²) in [6, 6.07) is -0.912. The molecule has 0 aromatic rings. The van der Waals surface area contributed by atoms with Gasteiger partial charge in [-0.15, -0.1) is 11.8 Å². The molecule has 7 atom stereocenters. The normalized spacial score (nSPS) is 32.1. The number of aliphatic imine (C=N–C) groups is 1. The Kier molecular flexibility index (Phi) is 8.23. The van der Waals surface area contributed by atoms with E-state index >= 15 is 0 Å². The Morgan fingerprint density at radius 2 is 1.97 bits per heavy atom. The van der Waals surface area contributed by atoms with E-state index in [0.29, 0.717) is 37.4 Å². The standard InChI is InChI=1S/C24H37N7O6S/c1-11-19-15(12(2)32)7-18(34)31(19)20(23(36)37)21(11)38-14-6-16(29(3)10-14)22(35)30-5-4-13(9-30)28-17(33)8-27-24(25)26/h11-16,19,32H,4-10H2,1-3H3,(H,28,33)(H,36,37)(H4,25,26,27)/t11-,12-,13+,14+,15+,16+,19+/m1/s1. The highest BCUT2D eigenvalue weighted by Crippen LogP contribution is 2.50. The molecule has 4 aliphatic rings. The lowest BCUT2D eigenvalue weighted by molar-refractivity contribution is -0.138. The highest BCUT2D eigenvalue weighted by Gasteiger charge is 2.54. The lowest BCUT2D eigenvalue weighted by Gasteiger charge is -2.27. The summed E-state index contributed by atoms with van der Waals surface area (Å²) in [6.07, 6.45) is 0.585. The minimum atomic E-state index is -1.15. The Morgan fingerprint density at radius 1 is 1.26 bits per heavy atom. The minimum absolute atomic E-state index is 0.0110. The number of likely N-dealkylation sites (tertiary alicyclic amines) is 2. The second kappa shape index (κ2) is 11.1. The number of thioether (sulfide) groups is 1. The predicted octanol–water partition coefficient (Wildman–Crippen LogP) is -1.67. The van der Waals surface area contributed by atoms with E-state index in [-0.39, 0.29) is 77.6 Å². The van der Waals surface area contributed by atoms with E-state index in [1.165, 1.54) is 16.7 Å². The van der Waals surface area contributed by atoms with Crippen LogP contribution < -0.4 is 16.8 Å². The SMILES string of the molecule is C[C@@H](O)[C@@H]1CC(=O)N2C(C(=O)O)=C(S[C@H]3C[C@@H](C(=O)N4CC[C@H](NC(=O)CN=C(N)N)C4)N(C)C3)[C@H](C)[C@@H]12. The molecule has 0 saturated carbocycles. The maximum atomic E-state index is 13.4. The first-order valence-electron chi connectivity index (χ1n) is 12.9. The number of guanidine groups is 1. The minimum Gasteiger partial charge on any atom is -0.477 e. The van der Waals surface area contributed by atoms with E-state index in [1.54, 1.807) is 11.8 Å². The van der Waals surface area contributed by atoms with Gasteiger partial charge in [0.1, 0.15) is 12.2 Å². The molecule has 38 heavy (non-hydrogen) atoms.